The molecule has 1 saturated heterocycles. The van der Waals surface area contributed by atoms with Gasteiger partial charge >= 0.3 is 6.03 Å². The zero-order chi connectivity index (χ0) is 42.1. The molecule has 1 aliphatic heterocycles. The molecule has 4 amide bonds. The minimum Gasteiger partial charge on any atom is -0.370 e. The number of benzene rings is 4. The van der Waals surface area contributed by atoms with Crippen molar-refractivity contribution in [3.05, 3.63) is 135 Å². The first-order valence-corrected chi connectivity index (χ1v) is 20.1. The summed E-state index contributed by atoms with van der Waals surface area (Å²) >= 11 is 13.2. The highest BCUT2D eigenvalue weighted by molar-refractivity contribution is 6.36. The third-order valence-corrected chi connectivity index (χ3v) is 11.1. The number of aliphatic imine (C=N–C) groups is 1. The highest BCUT2D eigenvalue weighted by atomic mass is 35.5. The third kappa shape index (κ3) is 11.3. The van der Waals surface area contributed by atoms with Gasteiger partial charge in [0.25, 0.3) is 0 Å². The summed E-state index contributed by atoms with van der Waals surface area (Å²) in [5.74, 6) is -3.77. The molecule has 2 heterocycles. The second kappa shape index (κ2) is 19.8. The van der Waals surface area contributed by atoms with E-state index < -0.39 is 41.6 Å². The van der Waals surface area contributed by atoms with E-state index >= 15 is 0 Å². The van der Waals surface area contributed by atoms with Gasteiger partial charge in [-0.15, -0.1) is 0 Å². The fraction of sp³-hybridized carbons (Fsp3) is 0.302. The number of hydrogen-bond donors (Lipinski definition) is 5. The number of nitrogens with zero attached hydrogens (tertiary/aromatic N) is 4. The van der Waals surface area contributed by atoms with Gasteiger partial charge in [0, 0.05) is 58.9 Å². The highest BCUT2D eigenvalue weighted by Gasteiger charge is 2.34. The molecule has 4 aromatic carbocycles. The predicted molar refractivity (Wildman–Crippen MR) is 228 cm³/mol. The maximum absolute atomic E-state index is 14.7. The number of rotatable bonds is 17. The first-order chi connectivity index (χ1) is 28.4. The number of urea groups is 1. The minimum atomic E-state index is -1.36. The van der Waals surface area contributed by atoms with Crippen LogP contribution in [0, 0.1) is 11.6 Å². The molecule has 0 aliphatic carbocycles. The number of guanidine groups is 1. The van der Waals surface area contributed by atoms with E-state index in [1.165, 1.54) is 11.0 Å². The first kappa shape index (κ1) is 42.9. The number of nitrogens with one attached hydrogen (secondary N) is 2. The summed E-state index contributed by atoms with van der Waals surface area (Å²) in [4.78, 5) is 49.3. The van der Waals surface area contributed by atoms with E-state index in [1.807, 2.05) is 22.8 Å². The van der Waals surface area contributed by atoms with Crippen LogP contribution in [0.4, 0.5) is 19.3 Å². The quantitative estimate of drug-likeness (QED) is 0.0403. The lowest BCUT2D eigenvalue weighted by molar-refractivity contribution is -0.141. The first-order valence-electron chi connectivity index (χ1n) is 19.3. The number of aromatic nitrogens is 1. The maximum atomic E-state index is 14.7. The molecule has 59 heavy (non-hydrogen) atoms. The summed E-state index contributed by atoms with van der Waals surface area (Å²) in [6.07, 6.45) is 4.53. The average molecular weight is 847 g/mol. The molecule has 1 aromatic heterocycles. The van der Waals surface area contributed by atoms with E-state index in [2.05, 4.69) is 26.7 Å². The van der Waals surface area contributed by atoms with Gasteiger partial charge in [-0.2, -0.15) is 0 Å². The summed E-state index contributed by atoms with van der Waals surface area (Å²) in [5.41, 5.74) is 20.9. The van der Waals surface area contributed by atoms with Gasteiger partial charge in [0.05, 0.1) is 12.1 Å². The fourth-order valence-electron chi connectivity index (χ4n) is 7.43. The van der Waals surface area contributed by atoms with Crippen molar-refractivity contribution in [2.75, 3.05) is 25.0 Å². The van der Waals surface area contributed by atoms with Gasteiger partial charge in [-0.3, -0.25) is 19.5 Å². The molecule has 5 aromatic rings. The summed E-state index contributed by atoms with van der Waals surface area (Å²) < 4.78 is 30.5. The zero-order valence-corrected chi connectivity index (χ0v) is 33.9. The van der Waals surface area contributed by atoms with Crippen LogP contribution in [0.5, 0.6) is 0 Å². The topological polar surface area (TPSA) is 177 Å². The number of hydrogen-bond acceptors (Lipinski definition) is 5. The number of amides is 4. The molecule has 2 atom stereocenters. The average Bonchev–Trinajstić information content (AvgIpc) is 3.84. The van der Waals surface area contributed by atoms with Crippen LogP contribution >= 0.6 is 23.2 Å². The smallest absolute Gasteiger partial charge is 0.319 e. The number of carbonyl (C=O) groups is 3. The standard InChI is InChI=1S/C43H47Cl2F2N9O3/c44-33-10-6-11-34(45)32(33)26-55-25-29(24-54-18-4-5-19-54)31-15-14-30(22-39(31)55)52-43(59)53-37(21-28-13-16-35(46)36(47)20-28)41(58)56(23-27-8-2-1-3-9-27)38(40(48)57)12-7-17-51-42(49)50/h1-3,6,8-11,13-16,20,22,25,37-38H,4-5,7,12,17-19,21,23-24,26H2,(H2,48,57)(H4,49,50,51)(H2,52,53,59)/t37-,38-/m0/s1. The van der Waals surface area contributed by atoms with Gasteiger partial charge in [-0.25, -0.2) is 13.6 Å². The van der Waals surface area contributed by atoms with Gasteiger partial charge in [-0.1, -0.05) is 71.7 Å². The predicted octanol–water partition coefficient (Wildman–Crippen LogP) is 6.54. The Morgan fingerprint density at radius 2 is 1.58 bits per heavy atom. The van der Waals surface area contributed by atoms with E-state index in [0.29, 0.717) is 34.3 Å². The van der Waals surface area contributed by atoms with Crippen LogP contribution in [0.2, 0.25) is 10.0 Å². The van der Waals surface area contributed by atoms with Crippen LogP contribution in [0.1, 0.15) is 47.9 Å². The van der Waals surface area contributed by atoms with Crippen LogP contribution < -0.4 is 27.8 Å². The molecule has 6 rings (SSSR count). The molecule has 310 valence electrons. The van der Waals surface area contributed by atoms with E-state index in [4.69, 9.17) is 40.4 Å². The Morgan fingerprint density at radius 1 is 0.847 bits per heavy atom. The van der Waals surface area contributed by atoms with Crippen LogP contribution in [0.25, 0.3) is 10.9 Å². The van der Waals surface area contributed by atoms with Crippen molar-refractivity contribution in [1.29, 1.82) is 0 Å². The summed E-state index contributed by atoms with van der Waals surface area (Å²) in [6.45, 7) is 3.27. The zero-order valence-electron chi connectivity index (χ0n) is 32.4. The Morgan fingerprint density at radius 3 is 2.25 bits per heavy atom. The molecule has 1 fully saturated rings. The number of fused-ring (bicyclic) bond motifs is 1. The number of primary amides is 1. The Kier molecular flexibility index (Phi) is 14.4. The number of anilines is 1. The van der Waals surface area contributed by atoms with Crippen molar-refractivity contribution in [3.8, 4) is 0 Å². The SMILES string of the molecule is NC(=O)[C@H](CCCN=C(N)N)N(Cc1ccccc1)C(=O)[C@H](Cc1ccc(F)c(F)c1)NC(=O)Nc1ccc2c(CN3CCCC3)cn(Cc3c(Cl)cccc3Cl)c2c1. The molecule has 0 spiro atoms. The van der Waals surface area contributed by atoms with Gasteiger partial charge in [0.2, 0.25) is 11.8 Å². The summed E-state index contributed by atoms with van der Waals surface area (Å²) in [7, 11) is 0. The van der Waals surface area contributed by atoms with Crippen molar-refractivity contribution in [2.24, 2.45) is 22.2 Å². The second-order valence-corrected chi connectivity index (χ2v) is 15.4. The summed E-state index contributed by atoms with van der Waals surface area (Å²) in [6, 6.07) is 19.8. The number of carbonyl (C=O) groups excluding carboxylic acids is 3. The van der Waals surface area contributed by atoms with Crippen LogP contribution in [-0.4, -0.2) is 69.9 Å². The van der Waals surface area contributed by atoms with Gasteiger partial charge in [-0.05, 0) is 91.9 Å². The lowest BCUT2D eigenvalue weighted by atomic mass is 10.0. The summed E-state index contributed by atoms with van der Waals surface area (Å²) in [5, 5.41) is 7.65. The third-order valence-electron chi connectivity index (χ3n) is 10.3. The maximum Gasteiger partial charge on any atom is 0.319 e. The molecular formula is C43H47Cl2F2N9O3. The second-order valence-electron chi connectivity index (χ2n) is 14.6. The number of likely N-dealkylation sites (tertiary alicyclic amines) is 1. The minimum absolute atomic E-state index is 0.0456. The number of nitrogens with two attached hydrogens (primary N) is 3. The van der Waals surface area contributed by atoms with Crippen molar-refractivity contribution in [1.82, 2.24) is 19.7 Å². The molecule has 0 saturated carbocycles. The lowest BCUT2D eigenvalue weighted by Crippen LogP contribution is -2.56. The molecule has 16 heteroatoms. The van der Waals surface area contributed by atoms with Gasteiger partial charge < -0.3 is 37.3 Å². The highest BCUT2D eigenvalue weighted by Crippen LogP contribution is 2.31. The Bertz CT molecular complexity index is 2290. The molecule has 0 unspecified atom stereocenters. The van der Waals surface area contributed by atoms with E-state index in [9.17, 15) is 23.2 Å². The lowest BCUT2D eigenvalue weighted by Gasteiger charge is -2.33. The normalized spacial score (nSPS) is 13.8. The Balaban J connectivity index is 1.31. The molecule has 1 aliphatic rings. The van der Waals surface area contributed by atoms with Crippen LogP contribution in [0.3, 0.4) is 0 Å². The Hall–Kier alpha value is -5.70. The van der Waals surface area contributed by atoms with Crippen molar-refractivity contribution < 1.29 is 23.2 Å². The number of halogens is 4. The van der Waals surface area contributed by atoms with E-state index in [-0.39, 0.29) is 37.5 Å². The van der Waals surface area contributed by atoms with Crippen LogP contribution in [-0.2, 0) is 35.6 Å². The van der Waals surface area contributed by atoms with E-state index in [1.54, 1.807) is 48.5 Å². The Labute approximate surface area is 351 Å². The molecule has 0 radical (unpaired) electrons. The molecule has 0 bridgehead atoms. The molecular weight excluding hydrogens is 799 g/mol. The van der Waals surface area contributed by atoms with Crippen LogP contribution in [0.15, 0.2) is 96.1 Å². The molecule has 12 nitrogen and oxygen atoms in total. The van der Waals surface area contributed by atoms with E-state index in [0.717, 1.165) is 66.6 Å². The largest absolute Gasteiger partial charge is 0.370 e. The fourth-order valence-corrected chi connectivity index (χ4v) is 7.95. The van der Waals surface area contributed by atoms with Gasteiger partial charge in [0.1, 0.15) is 12.1 Å². The monoisotopic (exact) mass is 845 g/mol. The van der Waals surface area contributed by atoms with Crippen molar-refractivity contribution in [3.63, 3.8) is 0 Å². The van der Waals surface area contributed by atoms with Gasteiger partial charge in [0.15, 0.2) is 17.6 Å². The molecule has 8 N–H and O–H groups in total. The van der Waals surface area contributed by atoms with Crippen molar-refractivity contribution in [2.45, 2.75) is 63.8 Å². The van der Waals surface area contributed by atoms with Crippen molar-refractivity contribution >= 4 is 63.6 Å².